The number of aromatic nitrogens is 4. The third kappa shape index (κ3) is 4.36. The maximum absolute atomic E-state index is 13.0. The normalized spacial score (nSPS) is 11.7. The Kier molecular flexibility index (Phi) is 5.83. The summed E-state index contributed by atoms with van der Waals surface area (Å²) in [5.41, 5.74) is 1.30. The molecule has 2 aromatic carbocycles. The first kappa shape index (κ1) is 20.5. The van der Waals surface area contributed by atoms with Crippen LogP contribution in [-0.2, 0) is 16.6 Å². The van der Waals surface area contributed by atoms with Gasteiger partial charge in [-0.2, -0.15) is 4.57 Å². The van der Waals surface area contributed by atoms with E-state index in [4.69, 9.17) is 0 Å². The van der Waals surface area contributed by atoms with Crippen LogP contribution in [0.25, 0.3) is 16.9 Å². The summed E-state index contributed by atoms with van der Waals surface area (Å²) in [5.74, 6) is 0.597. The van der Waals surface area contributed by atoms with E-state index in [1.54, 1.807) is 22.8 Å². The number of imidazole rings is 1. The van der Waals surface area contributed by atoms with E-state index in [1.165, 1.54) is 12.1 Å². The van der Waals surface area contributed by atoms with Crippen LogP contribution in [0.5, 0.6) is 0 Å². The van der Waals surface area contributed by atoms with Crippen molar-refractivity contribution in [2.24, 2.45) is 0 Å². The Morgan fingerprint density at radius 1 is 1.07 bits per heavy atom. The number of benzene rings is 2. The lowest BCUT2D eigenvalue weighted by Gasteiger charge is -2.10. The van der Waals surface area contributed by atoms with Crippen molar-refractivity contribution in [3.8, 4) is 5.82 Å². The smallest absolute Gasteiger partial charge is 0.258 e. The molecule has 0 saturated carbocycles. The second kappa shape index (κ2) is 8.53. The monoisotopic (exact) mass is 486 g/mol. The summed E-state index contributed by atoms with van der Waals surface area (Å²) in [6.07, 6.45) is 7.84. The number of nitrogens with zero attached hydrogens (tertiary/aromatic N) is 4. The van der Waals surface area contributed by atoms with Gasteiger partial charge in [0, 0.05) is 4.47 Å². The average molecular weight is 487 g/mol. The van der Waals surface area contributed by atoms with Crippen molar-refractivity contribution in [2.45, 2.75) is 31.2 Å². The predicted octanol–water partition coefficient (Wildman–Crippen LogP) is 4.07. The quantitative estimate of drug-likeness (QED) is 0.399. The van der Waals surface area contributed by atoms with Crippen LogP contribution < -0.4 is 9.29 Å². The number of aryl methyl sites for hydroxylation is 1. The Morgan fingerprint density at radius 3 is 2.47 bits per heavy atom. The van der Waals surface area contributed by atoms with E-state index in [1.807, 2.05) is 41.5 Å². The zero-order valence-corrected chi connectivity index (χ0v) is 18.8. The topological polar surface area (TPSA) is 80.8 Å². The molecule has 0 atom stereocenters. The molecule has 4 rings (SSSR count). The van der Waals surface area contributed by atoms with Crippen molar-refractivity contribution in [2.75, 3.05) is 4.72 Å². The Labute approximate surface area is 183 Å². The summed E-state index contributed by atoms with van der Waals surface area (Å²) in [5, 5.41) is 0. The Balaban J connectivity index is 1.78. The van der Waals surface area contributed by atoms with Crippen LogP contribution in [0.2, 0.25) is 0 Å². The number of hydrogen-bond donors (Lipinski definition) is 1. The first-order valence-electron chi connectivity index (χ1n) is 9.59. The van der Waals surface area contributed by atoms with E-state index >= 15 is 0 Å². The van der Waals surface area contributed by atoms with Gasteiger partial charge in [-0.15, -0.1) is 0 Å². The minimum atomic E-state index is -3.83. The lowest BCUT2D eigenvalue weighted by Crippen LogP contribution is -2.30. The van der Waals surface area contributed by atoms with Crippen molar-refractivity contribution in [1.29, 1.82) is 0 Å². The summed E-state index contributed by atoms with van der Waals surface area (Å²) in [7, 11) is -3.83. The molecule has 0 aliphatic rings. The Bertz CT molecular complexity index is 1290. The molecular weight excluding hydrogens is 466 g/mol. The van der Waals surface area contributed by atoms with Gasteiger partial charge in [-0.25, -0.2) is 23.0 Å². The van der Waals surface area contributed by atoms with Crippen LogP contribution in [0, 0.1) is 0 Å². The van der Waals surface area contributed by atoms with Crippen LogP contribution in [-0.4, -0.2) is 23.0 Å². The Hall–Kier alpha value is -2.78. The first-order valence-corrected chi connectivity index (χ1v) is 11.9. The molecule has 0 aliphatic heterocycles. The second-order valence-corrected chi connectivity index (χ2v) is 9.45. The molecule has 1 N–H and O–H groups in total. The molecule has 0 bridgehead atoms. The summed E-state index contributed by atoms with van der Waals surface area (Å²) in [4.78, 5) is 9.39. The number of sulfonamides is 1. The molecular formula is C21H21BrN5O2S+. The van der Waals surface area contributed by atoms with Crippen LogP contribution in [0.15, 0.2) is 76.6 Å². The molecule has 0 aliphatic carbocycles. The van der Waals surface area contributed by atoms with Gasteiger partial charge in [-0.05, 0) is 42.8 Å². The zero-order chi connectivity index (χ0) is 21.1. The van der Waals surface area contributed by atoms with Gasteiger partial charge in [-0.1, -0.05) is 41.4 Å². The van der Waals surface area contributed by atoms with Gasteiger partial charge in [0.15, 0.2) is 0 Å². The standard InChI is InChI=1S/C21H21BrN5O2S/c1-2-3-12-26-13-14-27(15-26)21-20(23-18-6-4-5-7-19(18)24-21)25-30(28,29)17-10-8-16(22)9-11-17/h4-11,13-15H,2-3,12H2,1H3,(H,23,25)/q+1. The largest absolute Gasteiger partial charge is 0.270 e. The molecule has 2 aromatic heterocycles. The Morgan fingerprint density at radius 2 is 1.77 bits per heavy atom. The first-order chi connectivity index (χ1) is 14.5. The molecule has 0 radical (unpaired) electrons. The summed E-state index contributed by atoms with van der Waals surface area (Å²) in [6, 6.07) is 13.8. The number of hydrogen-bond acceptors (Lipinski definition) is 4. The molecule has 30 heavy (non-hydrogen) atoms. The predicted molar refractivity (Wildman–Crippen MR) is 119 cm³/mol. The fourth-order valence-corrected chi connectivity index (χ4v) is 4.30. The van der Waals surface area contributed by atoms with Crippen LogP contribution in [0.1, 0.15) is 19.8 Å². The van der Waals surface area contributed by atoms with Crippen molar-refractivity contribution >= 4 is 42.8 Å². The summed E-state index contributed by atoms with van der Waals surface area (Å²) < 4.78 is 33.2. The van der Waals surface area contributed by atoms with Gasteiger partial charge < -0.3 is 0 Å². The molecule has 0 saturated heterocycles. The maximum atomic E-state index is 13.0. The summed E-state index contributed by atoms with van der Waals surface area (Å²) in [6.45, 7) is 3.02. The van der Waals surface area contributed by atoms with Gasteiger partial charge in [0.2, 0.25) is 12.1 Å². The minimum absolute atomic E-state index is 0.150. The van der Waals surface area contributed by atoms with Crippen LogP contribution in [0.3, 0.4) is 0 Å². The molecule has 0 fully saturated rings. The maximum Gasteiger partial charge on any atom is 0.270 e. The van der Waals surface area contributed by atoms with Crippen molar-refractivity contribution < 1.29 is 13.0 Å². The average Bonchev–Trinajstić information content (AvgIpc) is 3.20. The van der Waals surface area contributed by atoms with Crippen molar-refractivity contribution in [3.05, 3.63) is 71.7 Å². The highest BCUT2D eigenvalue weighted by Gasteiger charge is 2.22. The highest BCUT2D eigenvalue weighted by atomic mass is 79.9. The molecule has 7 nitrogen and oxygen atoms in total. The molecule has 2 heterocycles. The number of fused-ring (bicyclic) bond motifs is 1. The summed E-state index contributed by atoms with van der Waals surface area (Å²) >= 11 is 3.33. The van der Waals surface area contributed by atoms with E-state index in [9.17, 15) is 8.42 Å². The molecule has 4 aromatic rings. The SMILES string of the molecule is CCCC[n+]1ccn(-c2nc3ccccc3nc2NS(=O)(=O)c2ccc(Br)cc2)c1. The van der Waals surface area contributed by atoms with Gasteiger partial charge in [-0.3, -0.25) is 4.72 Å². The van der Waals surface area contributed by atoms with Crippen molar-refractivity contribution in [1.82, 2.24) is 14.5 Å². The minimum Gasteiger partial charge on any atom is -0.258 e. The van der Waals surface area contributed by atoms with Gasteiger partial charge in [0.05, 0.1) is 22.5 Å². The lowest BCUT2D eigenvalue weighted by atomic mass is 10.3. The number of unbranched alkanes of at least 4 members (excludes halogenated alkanes) is 1. The third-order valence-corrected chi connectivity index (χ3v) is 6.50. The molecule has 154 valence electrons. The zero-order valence-electron chi connectivity index (χ0n) is 16.4. The van der Waals surface area contributed by atoms with Gasteiger partial charge in [0.1, 0.15) is 12.4 Å². The van der Waals surface area contributed by atoms with Gasteiger partial charge >= 0.3 is 0 Å². The fourth-order valence-electron chi connectivity index (χ4n) is 3.03. The van der Waals surface area contributed by atoms with E-state index in [2.05, 4.69) is 37.5 Å². The molecule has 0 spiro atoms. The van der Waals surface area contributed by atoms with E-state index in [0.717, 1.165) is 23.9 Å². The van der Waals surface area contributed by atoms with Crippen molar-refractivity contribution in [3.63, 3.8) is 0 Å². The number of rotatable bonds is 7. The number of halogens is 1. The molecule has 0 amide bonds. The number of para-hydroxylation sites is 2. The number of anilines is 1. The highest BCUT2D eigenvalue weighted by Crippen LogP contribution is 2.24. The lowest BCUT2D eigenvalue weighted by molar-refractivity contribution is -0.696. The highest BCUT2D eigenvalue weighted by molar-refractivity contribution is 9.10. The molecule has 9 heteroatoms. The van der Waals surface area contributed by atoms with E-state index in [0.29, 0.717) is 16.9 Å². The van der Waals surface area contributed by atoms with E-state index in [-0.39, 0.29) is 10.7 Å². The van der Waals surface area contributed by atoms with Crippen LogP contribution in [0.4, 0.5) is 5.82 Å². The third-order valence-electron chi connectivity index (χ3n) is 4.61. The fraction of sp³-hybridized carbons (Fsp3) is 0.190. The molecule has 0 unspecified atom stereocenters. The van der Waals surface area contributed by atoms with Crippen LogP contribution >= 0.6 is 15.9 Å². The van der Waals surface area contributed by atoms with E-state index < -0.39 is 10.0 Å². The van der Waals surface area contributed by atoms with Gasteiger partial charge in [0.25, 0.3) is 15.8 Å². The number of nitrogens with one attached hydrogen (secondary N) is 1. The second-order valence-electron chi connectivity index (χ2n) is 6.86.